The van der Waals surface area contributed by atoms with Crippen molar-refractivity contribution < 1.29 is 61.7 Å². The van der Waals surface area contributed by atoms with Gasteiger partial charge < -0.3 is 61.7 Å². The van der Waals surface area contributed by atoms with Crippen molar-refractivity contribution in [3.05, 3.63) is 140 Å². The topological polar surface area (TPSA) is 216 Å². The van der Waals surface area contributed by atoms with Crippen molar-refractivity contribution in [3.63, 3.8) is 0 Å². The molecule has 6 fully saturated rings. The fourth-order valence-electron chi connectivity index (χ4n) is 11.9. The molecule has 0 atom stereocenters. The lowest BCUT2D eigenvalue weighted by Crippen LogP contribution is -2.56. The van der Waals surface area contributed by atoms with Crippen molar-refractivity contribution in [3.8, 4) is 34.5 Å². The van der Waals surface area contributed by atoms with E-state index < -0.39 is 11.3 Å². The summed E-state index contributed by atoms with van der Waals surface area (Å²) >= 11 is 0. The van der Waals surface area contributed by atoms with Crippen LogP contribution in [0.25, 0.3) is 65.2 Å². The molecular formula is C65H66O16. The molecule has 6 aliphatic rings. The molecule has 16 heteroatoms. The van der Waals surface area contributed by atoms with Crippen LogP contribution in [-0.2, 0) is 14.2 Å². The summed E-state index contributed by atoms with van der Waals surface area (Å²) in [7, 11) is 0. The van der Waals surface area contributed by atoms with Gasteiger partial charge in [0, 0.05) is 66.8 Å². The van der Waals surface area contributed by atoms with Gasteiger partial charge in [0.05, 0.1) is 75.1 Å². The highest BCUT2D eigenvalue weighted by Gasteiger charge is 2.52. The van der Waals surface area contributed by atoms with E-state index in [-0.39, 0.29) is 35.4 Å². The molecule has 15 rings (SSSR count). The molecule has 3 aliphatic heterocycles. The van der Waals surface area contributed by atoms with Gasteiger partial charge in [-0.15, -0.1) is 0 Å². The van der Waals surface area contributed by atoms with Gasteiger partial charge in [-0.25, -0.2) is 14.4 Å². The Morgan fingerprint density at radius 1 is 0.420 bits per heavy atom. The number of ether oxygens (including phenoxy) is 7. The highest BCUT2D eigenvalue weighted by atomic mass is 16.5. The maximum atomic E-state index is 12.6. The number of hydrogen-bond donors (Lipinski definition) is 3. The van der Waals surface area contributed by atoms with Gasteiger partial charge in [-0.2, -0.15) is 0 Å². The van der Waals surface area contributed by atoms with Gasteiger partial charge in [0.15, 0.2) is 0 Å². The number of benzene rings is 6. The quantitative estimate of drug-likeness (QED) is 0.0589. The molecule has 3 N–H and O–H groups in total. The Kier molecular flexibility index (Phi) is 14.9. The number of aromatic hydroxyl groups is 2. The standard InChI is InChI=1S/C23H24O5.C19H16O5.C17H16O4.C6H10O2/c1-2-3-8-26-15-4-7-19-18-6-5-16(9-20(18)22(24)28-21(19)10-15)27-17-11-23(12-17)13-25-14-23;20-11-1-3-15-14-4-2-12(6-16(14)18(21)24-17(15)5-11)23-13-7-19(8-13)9-22-10-19;1-2-3-8-20-12-5-7-14-13-6-4-11(18)9-15(13)17(19)21-16(14)10-12;7-5-1-6(2-5)3-8-4-6/h4-7,9-10,17H,2-3,8,11-14H2,1H3;1-6,13,20H,7-10H2;4-7,9-10,18H,2-3,8H2,1H3;5,7H,1-4H2. The second kappa shape index (κ2) is 22.4. The molecular weight excluding hydrogens is 1040 g/mol. The first-order valence-electron chi connectivity index (χ1n) is 28.2. The zero-order chi connectivity index (χ0) is 55.9. The van der Waals surface area contributed by atoms with E-state index in [0.717, 1.165) is 148 Å². The number of aliphatic hydroxyl groups excluding tert-OH is 1. The minimum absolute atomic E-state index is 0.0149. The smallest absolute Gasteiger partial charge is 0.344 e. The summed E-state index contributed by atoms with van der Waals surface area (Å²) in [6.07, 6.45) is 10.5. The van der Waals surface area contributed by atoms with E-state index in [1.165, 1.54) is 12.1 Å². The van der Waals surface area contributed by atoms with Gasteiger partial charge in [0.1, 0.15) is 63.5 Å². The molecule has 0 unspecified atom stereocenters. The molecule has 3 saturated carbocycles. The van der Waals surface area contributed by atoms with Gasteiger partial charge in [-0.1, -0.05) is 26.7 Å². The van der Waals surface area contributed by atoms with E-state index in [1.54, 1.807) is 48.5 Å². The molecule has 0 bridgehead atoms. The van der Waals surface area contributed by atoms with Crippen LogP contribution in [0.3, 0.4) is 0 Å². The van der Waals surface area contributed by atoms with Crippen LogP contribution in [0.5, 0.6) is 34.5 Å². The fraction of sp³-hybridized carbons (Fsp3) is 0.400. The molecule has 3 aromatic heterocycles. The zero-order valence-electron chi connectivity index (χ0n) is 45.5. The SMILES string of the molecule is CCCCOc1ccc2c(c1)oc(=O)c1cc(O)ccc12.CCCCOc1ccc2c(c1)oc(=O)c1cc(OC3CC4(COC4)C3)ccc12.O=c1oc2cc(O)ccc2c2ccc(OC3CC4(COC4)C3)cc12.OC1CC2(COC2)C1. The molecule has 0 amide bonds. The number of aliphatic hydroxyl groups is 1. The highest BCUT2D eigenvalue weighted by molar-refractivity contribution is 6.06. The van der Waals surface area contributed by atoms with E-state index in [9.17, 15) is 24.6 Å². The monoisotopic (exact) mass is 1100 g/mol. The largest absolute Gasteiger partial charge is 0.508 e. The lowest BCUT2D eigenvalue weighted by atomic mass is 9.65. The maximum absolute atomic E-state index is 12.6. The molecule has 3 spiro atoms. The molecule has 3 aliphatic carbocycles. The minimum Gasteiger partial charge on any atom is -0.508 e. The van der Waals surface area contributed by atoms with Crippen molar-refractivity contribution in [2.75, 3.05) is 52.9 Å². The fourth-order valence-corrected chi connectivity index (χ4v) is 11.9. The summed E-state index contributed by atoms with van der Waals surface area (Å²) in [5, 5.41) is 34.3. The summed E-state index contributed by atoms with van der Waals surface area (Å²) in [6, 6.07) is 31.8. The van der Waals surface area contributed by atoms with Gasteiger partial charge in [-0.05, 0) is 142 Å². The summed E-state index contributed by atoms with van der Waals surface area (Å²) < 4.78 is 55.3. The third kappa shape index (κ3) is 11.3. The Balaban J connectivity index is 0.000000113. The number of hydrogen-bond acceptors (Lipinski definition) is 16. The Morgan fingerprint density at radius 2 is 0.765 bits per heavy atom. The molecule has 6 aromatic carbocycles. The Hall–Kier alpha value is -7.63. The van der Waals surface area contributed by atoms with Crippen LogP contribution in [0.2, 0.25) is 0 Å². The number of unbranched alkanes of at least 4 members (excludes halogenated alkanes) is 2. The van der Waals surface area contributed by atoms with Crippen molar-refractivity contribution in [1.29, 1.82) is 0 Å². The average Bonchev–Trinajstić information content (AvgIpc) is 3.56. The first kappa shape index (κ1) is 54.0. The molecule has 0 radical (unpaired) electrons. The lowest BCUT2D eigenvalue weighted by molar-refractivity contribution is -0.197. The zero-order valence-corrected chi connectivity index (χ0v) is 45.5. The van der Waals surface area contributed by atoms with E-state index in [1.807, 2.05) is 48.5 Å². The summed E-state index contributed by atoms with van der Waals surface area (Å²) in [4.78, 5) is 36.8. The molecule has 16 nitrogen and oxygen atoms in total. The van der Waals surface area contributed by atoms with Gasteiger partial charge in [-0.3, -0.25) is 0 Å². The van der Waals surface area contributed by atoms with Crippen LogP contribution in [0, 0.1) is 16.2 Å². The number of phenolic OH excluding ortho intramolecular Hbond substituents is 2. The second-order valence-corrected chi connectivity index (χ2v) is 23.1. The van der Waals surface area contributed by atoms with E-state index in [0.29, 0.717) is 73.9 Å². The van der Waals surface area contributed by atoms with Crippen LogP contribution in [0.15, 0.2) is 137 Å². The molecule has 9 aromatic rings. The first-order valence-corrected chi connectivity index (χ1v) is 28.2. The summed E-state index contributed by atoms with van der Waals surface area (Å²) in [6.45, 7) is 10.7. The van der Waals surface area contributed by atoms with Gasteiger partial charge >= 0.3 is 16.9 Å². The third-order valence-corrected chi connectivity index (χ3v) is 16.6. The number of fused-ring (bicyclic) bond motifs is 9. The van der Waals surface area contributed by atoms with E-state index in [2.05, 4.69) is 13.8 Å². The van der Waals surface area contributed by atoms with Crippen molar-refractivity contribution in [1.82, 2.24) is 0 Å². The highest BCUT2D eigenvalue weighted by Crippen LogP contribution is 2.50. The van der Waals surface area contributed by atoms with Crippen LogP contribution < -0.4 is 35.8 Å². The molecule has 3 saturated heterocycles. The Bertz CT molecular complexity index is 3950. The predicted molar refractivity (Wildman–Crippen MR) is 306 cm³/mol. The summed E-state index contributed by atoms with van der Waals surface area (Å²) in [5.41, 5.74) is 1.33. The Labute approximate surface area is 465 Å². The molecule has 6 heterocycles. The van der Waals surface area contributed by atoms with Crippen molar-refractivity contribution >= 4 is 65.2 Å². The maximum Gasteiger partial charge on any atom is 0.344 e. The normalized spacial score (nSPS) is 19.6. The van der Waals surface area contributed by atoms with Crippen LogP contribution >= 0.6 is 0 Å². The number of rotatable bonds is 12. The van der Waals surface area contributed by atoms with Gasteiger partial charge in [0.2, 0.25) is 0 Å². The molecule has 422 valence electrons. The average molecular weight is 1100 g/mol. The third-order valence-electron chi connectivity index (χ3n) is 16.6. The van der Waals surface area contributed by atoms with Crippen LogP contribution in [-0.4, -0.2) is 86.5 Å². The summed E-state index contributed by atoms with van der Waals surface area (Å²) in [5.74, 6) is 2.95. The van der Waals surface area contributed by atoms with Crippen LogP contribution in [0.1, 0.15) is 78.1 Å². The van der Waals surface area contributed by atoms with E-state index in [4.69, 9.17) is 51.5 Å². The Morgan fingerprint density at radius 3 is 1.15 bits per heavy atom. The first-order chi connectivity index (χ1) is 39.3. The second-order valence-electron chi connectivity index (χ2n) is 23.1. The van der Waals surface area contributed by atoms with Crippen LogP contribution in [0.4, 0.5) is 0 Å². The minimum atomic E-state index is -0.459. The van der Waals surface area contributed by atoms with E-state index >= 15 is 0 Å². The number of phenols is 2. The van der Waals surface area contributed by atoms with Crippen molar-refractivity contribution in [2.45, 2.75) is 96.4 Å². The van der Waals surface area contributed by atoms with Crippen molar-refractivity contribution in [2.24, 2.45) is 16.2 Å². The predicted octanol–water partition coefficient (Wildman–Crippen LogP) is 11.9. The lowest BCUT2D eigenvalue weighted by Gasteiger charge is -2.52. The molecule has 81 heavy (non-hydrogen) atoms. The van der Waals surface area contributed by atoms with Gasteiger partial charge in [0.25, 0.3) is 0 Å².